The third-order valence-electron chi connectivity index (χ3n) is 2.99. The van der Waals surface area contributed by atoms with Crippen LogP contribution in [0.15, 0.2) is 29.3 Å². The second-order valence-corrected chi connectivity index (χ2v) is 5.11. The predicted molar refractivity (Wildman–Crippen MR) is 73.4 cm³/mol. The highest BCUT2D eigenvalue weighted by Gasteiger charge is 2.34. The zero-order valence-electron chi connectivity index (χ0n) is 11.7. The third kappa shape index (κ3) is 3.76. The molecule has 0 spiro atoms. The number of hydrogen-bond donors (Lipinski definition) is 1. The maximum atomic E-state index is 12.9. The second kappa shape index (κ2) is 6.06. The number of carbonyl (C=O) groups is 1. The van der Waals surface area contributed by atoms with Crippen molar-refractivity contribution in [1.29, 1.82) is 0 Å². The number of amides is 1. The normalized spacial score (nSPS) is 12.3. The van der Waals surface area contributed by atoms with Gasteiger partial charge in [-0.05, 0) is 12.1 Å². The van der Waals surface area contributed by atoms with E-state index in [4.69, 9.17) is 17.3 Å². The zero-order chi connectivity index (χ0) is 19.2. The first-order valence-electron chi connectivity index (χ1n) is 6.19. The Bertz CT molecular complexity index is 904. The van der Waals surface area contributed by atoms with Gasteiger partial charge in [-0.3, -0.25) is 14.2 Å². The van der Waals surface area contributed by atoms with E-state index in [-0.39, 0.29) is 23.0 Å². The first-order chi connectivity index (χ1) is 11.3. The lowest BCUT2D eigenvalue weighted by Crippen LogP contribution is -2.26. The number of nitrogens with two attached hydrogens (primary N) is 1. The molecule has 0 atom stereocenters. The van der Waals surface area contributed by atoms with Crippen LogP contribution in [0, 0.1) is 0 Å². The summed E-state index contributed by atoms with van der Waals surface area (Å²) in [6.45, 7) is 0. The molecule has 0 bridgehead atoms. The van der Waals surface area contributed by atoms with Crippen molar-refractivity contribution in [2.45, 2.75) is 12.4 Å². The van der Waals surface area contributed by atoms with E-state index < -0.39 is 51.3 Å². The summed E-state index contributed by atoms with van der Waals surface area (Å²) in [5.74, 6) is -1.34. The summed E-state index contributed by atoms with van der Waals surface area (Å²) in [5.41, 5.74) is -0.820. The van der Waals surface area contributed by atoms with E-state index in [2.05, 4.69) is 4.98 Å². The van der Waals surface area contributed by atoms with E-state index in [9.17, 15) is 35.9 Å². The quantitative estimate of drug-likeness (QED) is 0.807. The van der Waals surface area contributed by atoms with Crippen LogP contribution in [-0.4, -0.2) is 15.5 Å². The number of primary amides is 1. The minimum Gasteiger partial charge on any atom is -0.364 e. The molecule has 2 aromatic rings. The molecule has 2 aromatic heterocycles. The van der Waals surface area contributed by atoms with Crippen molar-refractivity contribution in [1.82, 2.24) is 9.55 Å². The molecule has 0 aliphatic carbocycles. The maximum Gasteiger partial charge on any atom is 0.417 e. The summed E-state index contributed by atoms with van der Waals surface area (Å²) >= 11 is 5.44. The van der Waals surface area contributed by atoms with Crippen LogP contribution in [0.2, 0.25) is 5.02 Å². The number of nitrogens with zero attached hydrogens (tertiary/aromatic N) is 2. The number of pyridine rings is 2. The van der Waals surface area contributed by atoms with Crippen LogP contribution in [-0.2, 0) is 12.4 Å². The molecule has 0 unspecified atom stereocenters. The first-order valence-corrected chi connectivity index (χ1v) is 6.57. The topological polar surface area (TPSA) is 78.0 Å². The number of rotatable bonds is 2. The van der Waals surface area contributed by atoms with Gasteiger partial charge in [0.1, 0.15) is 5.02 Å². The number of aromatic nitrogens is 2. The molecule has 12 heteroatoms. The average Bonchev–Trinajstić information content (AvgIpc) is 2.47. The van der Waals surface area contributed by atoms with Gasteiger partial charge in [0.15, 0.2) is 5.69 Å². The fraction of sp³-hybridized carbons (Fsp3) is 0.154. The molecule has 1 amide bonds. The number of halogens is 7. The van der Waals surface area contributed by atoms with Crippen molar-refractivity contribution in [2.24, 2.45) is 5.73 Å². The van der Waals surface area contributed by atoms with E-state index in [1.165, 1.54) is 0 Å². The third-order valence-corrected chi connectivity index (χ3v) is 3.26. The van der Waals surface area contributed by atoms with Gasteiger partial charge in [0.25, 0.3) is 11.5 Å². The van der Waals surface area contributed by atoms with Crippen LogP contribution in [0.4, 0.5) is 26.3 Å². The lowest BCUT2D eigenvalue weighted by molar-refractivity contribution is -0.138. The molecule has 0 saturated heterocycles. The second-order valence-electron chi connectivity index (χ2n) is 4.70. The molecule has 0 fully saturated rings. The largest absolute Gasteiger partial charge is 0.417 e. The van der Waals surface area contributed by atoms with E-state index >= 15 is 0 Å². The molecule has 0 aliphatic rings. The molecule has 2 rings (SSSR count). The summed E-state index contributed by atoms with van der Waals surface area (Å²) in [6, 6.07) is 0.594. The molecule has 0 saturated carbocycles. The Kier molecular flexibility index (Phi) is 4.55. The molecule has 134 valence electrons. The summed E-state index contributed by atoms with van der Waals surface area (Å²) in [6.07, 6.45) is -9.39. The zero-order valence-corrected chi connectivity index (χ0v) is 12.5. The Hall–Kier alpha value is -2.56. The monoisotopic (exact) mass is 385 g/mol. The van der Waals surface area contributed by atoms with Gasteiger partial charge in [0, 0.05) is 12.4 Å². The molecule has 2 N–H and O–H groups in total. The van der Waals surface area contributed by atoms with Crippen molar-refractivity contribution in [3.05, 3.63) is 56.7 Å². The summed E-state index contributed by atoms with van der Waals surface area (Å²) in [5, 5.41) is -0.914. The average molecular weight is 386 g/mol. The van der Waals surface area contributed by atoms with Crippen LogP contribution in [0.25, 0.3) is 5.69 Å². The van der Waals surface area contributed by atoms with Crippen molar-refractivity contribution >= 4 is 17.5 Å². The highest BCUT2D eigenvalue weighted by Crippen LogP contribution is 2.32. The maximum absolute atomic E-state index is 12.9. The lowest BCUT2D eigenvalue weighted by atomic mass is 10.2. The van der Waals surface area contributed by atoms with E-state index in [0.717, 1.165) is 0 Å². The van der Waals surface area contributed by atoms with Crippen LogP contribution < -0.4 is 11.3 Å². The Morgan fingerprint density at radius 3 is 2.12 bits per heavy atom. The van der Waals surface area contributed by atoms with Crippen LogP contribution in [0.5, 0.6) is 0 Å². The van der Waals surface area contributed by atoms with Gasteiger partial charge < -0.3 is 5.73 Å². The highest BCUT2D eigenvalue weighted by molar-refractivity contribution is 6.30. The van der Waals surface area contributed by atoms with Gasteiger partial charge in [-0.2, -0.15) is 26.3 Å². The first kappa shape index (κ1) is 18.8. The van der Waals surface area contributed by atoms with Crippen LogP contribution in [0.1, 0.15) is 21.6 Å². The van der Waals surface area contributed by atoms with Gasteiger partial charge in [0.05, 0.1) is 16.8 Å². The van der Waals surface area contributed by atoms with Gasteiger partial charge in [-0.25, -0.2) is 4.98 Å². The molecule has 0 radical (unpaired) electrons. The molecule has 5 nitrogen and oxygen atoms in total. The summed E-state index contributed by atoms with van der Waals surface area (Å²) in [7, 11) is 0. The van der Waals surface area contributed by atoms with Crippen LogP contribution >= 0.6 is 11.6 Å². The molecular formula is C13H6ClF6N3O2. The van der Waals surface area contributed by atoms with E-state index in [0.29, 0.717) is 6.07 Å². The number of alkyl halides is 6. The fourth-order valence-electron chi connectivity index (χ4n) is 1.86. The van der Waals surface area contributed by atoms with Crippen molar-refractivity contribution in [2.75, 3.05) is 0 Å². The Labute approximate surface area is 139 Å². The minimum absolute atomic E-state index is 0.146. The molecule has 2 heterocycles. The van der Waals surface area contributed by atoms with Gasteiger partial charge >= 0.3 is 12.4 Å². The lowest BCUT2D eigenvalue weighted by Gasteiger charge is -2.15. The number of carbonyl (C=O) groups excluding carboxylic acids is 1. The summed E-state index contributed by atoms with van der Waals surface area (Å²) in [4.78, 5) is 26.5. The molecule has 0 aliphatic heterocycles. The molecular weight excluding hydrogens is 380 g/mol. The highest BCUT2D eigenvalue weighted by atomic mass is 35.5. The fourth-order valence-corrected chi connectivity index (χ4v) is 2.07. The SMILES string of the molecule is NC(=O)c1ncc(C(F)(F)F)cc1-n1cc(C(F)(F)F)cc(Cl)c1=O. The van der Waals surface area contributed by atoms with Crippen molar-refractivity contribution in [3.63, 3.8) is 0 Å². The summed E-state index contributed by atoms with van der Waals surface area (Å²) < 4.78 is 77.2. The molecule has 25 heavy (non-hydrogen) atoms. The minimum atomic E-state index is -4.94. The van der Waals surface area contributed by atoms with Gasteiger partial charge in [0.2, 0.25) is 0 Å². The van der Waals surface area contributed by atoms with Crippen molar-refractivity contribution < 1.29 is 31.1 Å². The molecule has 0 aromatic carbocycles. The van der Waals surface area contributed by atoms with Gasteiger partial charge in [-0.15, -0.1) is 0 Å². The number of hydrogen-bond acceptors (Lipinski definition) is 3. The van der Waals surface area contributed by atoms with E-state index in [1.54, 1.807) is 0 Å². The van der Waals surface area contributed by atoms with Crippen LogP contribution in [0.3, 0.4) is 0 Å². The predicted octanol–water partition coefficient (Wildman–Crippen LogP) is 3.02. The Morgan fingerprint density at radius 2 is 1.64 bits per heavy atom. The standard InChI is InChI=1S/C13H6ClF6N3O2/c14-7-1-6(13(18,19)20)4-23(11(7)25)8-2-5(12(15,16)17)3-22-9(8)10(21)24/h1-4H,(H2,21,24). The van der Waals surface area contributed by atoms with Crippen molar-refractivity contribution in [3.8, 4) is 5.69 Å². The van der Waals surface area contributed by atoms with Gasteiger partial charge in [-0.1, -0.05) is 11.6 Å². The Balaban J connectivity index is 2.87. The van der Waals surface area contributed by atoms with E-state index in [1.807, 2.05) is 0 Å². The smallest absolute Gasteiger partial charge is 0.364 e. The Morgan fingerprint density at radius 1 is 1.08 bits per heavy atom.